The third-order valence-electron chi connectivity index (χ3n) is 4.54. The second-order valence-corrected chi connectivity index (χ2v) is 6.61. The minimum absolute atomic E-state index is 0.121. The van der Waals surface area contributed by atoms with Gasteiger partial charge in [0, 0.05) is 31.9 Å². The van der Waals surface area contributed by atoms with Crippen LogP contribution < -0.4 is 11.1 Å². The van der Waals surface area contributed by atoms with Crippen LogP contribution in [0.2, 0.25) is 0 Å². The normalized spacial score (nSPS) is 14.9. The van der Waals surface area contributed by atoms with Gasteiger partial charge in [-0.15, -0.1) is 0 Å². The van der Waals surface area contributed by atoms with Gasteiger partial charge in [0.25, 0.3) is 0 Å². The third-order valence-corrected chi connectivity index (χ3v) is 4.54. The summed E-state index contributed by atoms with van der Waals surface area (Å²) in [6, 6.07) is 16.0. The molecule has 2 aromatic rings. The molecule has 3 amide bonds. The quantitative estimate of drug-likeness (QED) is 0.886. The van der Waals surface area contributed by atoms with Gasteiger partial charge in [0.05, 0.1) is 6.54 Å². The van der Waals surface area contributed by atoms with Gasteiger partial charge in [0.1, 0.15) is 0 Å². The number of primary amides is 1. The molecule has 2 aromatic carbocycles. The zero-order chi connectivity index (χ0) is 18.5. The van der Waals surface area contributed by atoms with Crippen LogP contribution in [0.15, 0.2) is 48.5 Å². The molecule has 26 heavy (non-hydrogen) atoms. The lowest BCUT2D eigenvalue weighted by atomic mass is 10.0. The zero-order valence-electron chi connectivity index (χ0n) is 14.9. The molecule has 1 aliphatic rings. The predicted octanol–water partition coefficient (Wildman–Crippen LogP) is 2.30. The summed E-state index contributed by atoms with van der Waals surface area (Å²) in [5.41, 5.74) is 9.39. The van der Waals surface area contributed by atoms with Crippen molar-refractivity contribution in [3.05, 3.63) is 54.1 Å². The highest BCUT2D eigenvalue weighted by Crippen LogP contribution is 2.23. The summed E-state index contributed by atoms with van der Waals surface area (Å²) in [6.07, 6.45) is 0. The maximum atomic E-state index is 12.5. The molecule has 1 fully saturated rings. The maximum absolute atomic E-state index is 12.5. The standard InChI is InChI=1S/C20H24N4O2/c1-15-5-7-16(8-6-15)17-3-2-4-18(13-17)22-20(26)24-11-9-23(10-12-24)14-19(21)25/h2-8,13H,9-12,14H2,1H3,(H2,21,25)(H,22,26). The van der Waals surface area contributed by atoms with E-state index < -0.39 is 0 Å². The van der Waals surface area contributed by atoms with Crippen molar-refractivity contribution in [2.45, 2.75) is 6.92 Å². The topological polar surface area (TPSA) is 78.7 Å². The van der Waals surface area contributed by atoms with E-state index in [1.54, 1.807) is 4.90 Å². The second kappa shape index (κ2) is 8.01. The molecule has 6 nitrogen and oxygen atoms in total. The van der Waals surface area contributed by atoms with E-state index in [2.05, 4.69) is 36.5 Å². The lowest BCUT2D eigenvalue weighted by Gasteiger charge is -2.33. The number of anilines is 1. The number of hydrogen-bond donors (Lipinski definition) is 2. The number of amides is 3. The minimum atomic E-state index is -0.337. The highest BCUT2D eigenvalue weighted by Gasteiger charge is 2.21. The average molecular weight is 352 g/mol. The van der Waals surface area contributed by atoms with E-state index >= 15 is 0 Å². The number of carbonyl (C=O) groups excluding carboxylic acids is 2. The van der Waals surface area contributed by atoms with Gasteiger partial charge in [0.2, 0.25) is 5.91 Å². The zero-order valence-corrected chi connectivity index (χ0v) is 14.9. The highest BCUT2D eigenvalue weighted by molar-refractivity contribution is 5.90. The number of nitrogens with two attached hydrogens (primary N) is 1. The summed E-state index contributed by atoms with van der Waals surface area (Å²) in [6.45, 7) is 4.77. The Labute approximate surface area is 153 Å². The van der Waals surface area contributed by atoms with Crippen molar-refractivity contribution in [2.75, 3.05) is 38.0 Å². The Morgan fingerprint density at radius 3 is 2.35 bits per heavy atom. The van der Waals surface area contributed by atoms with Crippen molar-refractivity contribution in [3.63, 3.8) is 0 Å². The lowest BCUT2D eigenvalue weighted by molar-refractivity contribution is -0.119. The minimum Gasteiger partial charge on any atom is -0.369 e. The Kier molecular flexibility index (Phi) is 5.53. The van der Waals surface area contributed by atoms with Gasteiger partial charge < -0.3 is 16.0 Å². The van der Waals surface area contributed by atoms with Crippen LogP contribution in [0.5, 0.6) is 0 Å². The molecule has 0 spiro atoms. The van der Waals surface area contributed by atoms with Crippen LogP contribution in [0.1, 0.15) is 5.56 Å². The van der Waals surface area contributed by atoms with Gasteiger partial charge in [-0.2, -0.15) is 0 Å². The monoisotopic (exact) mass is 352 g/mol. The molecular weight excluding hydrogens is 328 g/mol. The average Bonchev–Trinajstić information content (AvgIpc) is 2.62. The number of hydrogen-bond acceptors (Lipinski definition) is 3. The highest BCUT2D eigenvalue weighted by atomic mass is 16.2. The van der Waals surface area contributed by atoms with Gasteiger partial charge >= 0.3 is 6.03 Å². The van der Waals surface area contributed by atoms with Gasteiger partial charge in [-0.05, 0) is 30.2 Å². The van der Waals surface area contributed by atoms with Crippen LogP contribution in [-0.2, 0) is 4.79 Å². The molecule has 0 bridgehead atoms. The van der Waals surface area contributed by atoms with Crippen LogP contribution in [0, 0.1) is 6.92 Å². The molecule has 1 aliphatic heterocycles. The van der Waals surface area contributed by atoms with Crippen LogP contribution in [0.4, 0.5) is 10.5 Å². The first-order chi connectivity index (χ1) is 12.5. The molecule has 6 heteroatoms. The van der Waals surface area contributed by atoms with E-state index in [9.17, 15) is 9.59 Å². The maximum Gasteiger partial charge on any atom is 0.321 e. The molecule has 0 saturated carbocycles. The van der Waals surface area contributed by atoms with E-state index in [4.69, 9.17) is 5.73 Å². The number of carbonyl (C=O) groups is 2. The largest absolute Gasteiger partial charge is 0.369 e. The molecule has 0 radical (unpaired) electrons. The lowest BCUT2D eigenvalue weighted by Crippen LogP contribution is -2.51. The molecule has 0 unspecified atom stereocenters. The molecule has 0 atom stereocenters. The van der Waals surface area contributed by atoms with Crippen molar-refractivity contribution in [3.8, 4) is 11.1 Å². The van der Waals surface area contributed by atoms with Crippen LogP contribution in [0.3, 0.4) is 0 Å². The molecule has 136 valence electrons. The first-order valence-corrected chi connectivity index (χ1v) is 8.75. The van der Waals surface area contributed by atoms with Crippen molar-refractivity contribution in [1.82, 2.24) is 9.80 Å². The van der Waals surface area contributed by atoms with Gasteiger partial charge in [-0.1, -0.05) is 42.0 Å². The summed E-state index contributed by atoms with van der Waals surface area (Å²) in [5, 5.41) is 2.97. The number of piperazine rings is 1. The summed E-state index contributed by atoms with van der Waals surface area (Å²) < 4.78 is 0. The molecule has 0 aromatic heterocycles. The first-order valence-electron chi connectivity index (χ1n) is 8.75. The van der Waals surface area contributed by atoms with Crippen molar-refractivity contribution in [1.29, 1.82) is 0 Å². The fourth-order valence-electron chi connectivity index (χ4n) is 3.05. The Morgan fingerprint density at radius 1 is 1.00 bits per heavy atom. The molecule has 1 saturated heterocycles. The van der Waals surface area contributed by atoms with E-state index in [-0.39, 0.29) is 18.5 Å². The number of benzene rings is 2. The summed E-state index contributed by atoms with van der Waals surface area (Å²) in [4.78, 5) is 27.2. The Hall–Kier alpha value is -2.86. The van der Waals surface area contributed by atoms with Gasteiger partial charge in [-0.3, -0.25) is 9.69 Å². The SMILES string of the molecule is Cc1ccc(-c2cccc(NC(=O)N3CCN(CC(N)=O)CC3)c2)cc1. The summed E-state index contributed by atoms with van der Waals surface area (Å²) >= 11 is 0. The number of aryl methyl sites for hydroxylation is 1. The molecule has 1 heterocycles. The van der Waals surface area contributed by atoms with Crippen LogP contribution >= 0.6 is 0 Å². The van der Waals surface area contributed by atoms with E-state index in [0.29, 0.717) is 26.2 Å². The number of rotatable bonds is 4. The predicted molar refractivity (Wildman–Crippen MR) is 103 cm³/mol. The fraction of sp³-hybridized carbons (Fsp3) is 0.300. The van der Waals surface area contributed by atoms with Crippen molar-refractivity contribution >= 4 is 17.6 Å². The number of nitrogens with one attached hydrogen (secondary N) is 1. The van der Waals surface area contributed by atoms with E-state index in [1.165, 1.54) is 5.56 Å². The van der Waals surface area contributed by atoms with Crippen molar-refractivity contribution < 1.29 is 9.59 Å². The summed E-state index contributed by atoms with van der Waals surface area (Å²) in [7, 11) is 0. The van der Waals surface area contributed by atoms with Gasteiger partial charge in [0.15, 0.2) is 0 Å². The smallest absolute Gasteiger partial charge is 0.321 e. The Bertz CT molecular complexity index is 781. The second-order valence-electron chi connectivity index (χ2n) is 6.61. The van der Waals surface area contributed by atoms with E-state index in [0.717, 1.165) is 16.8 Å². The number of nitrogens with zero attached hydrogens (tertiary/aromatic N) is 2. The Morgan fingerprint density at radius 2 is 1.69 bits per heavy atom. The van der Waals surface area contributed by atoms with Crippen LogP contribution in [0.25, 0.3) is 11.1 Å². The number of urea groups is 1. The molecule has 3 rings (SSSR count). The summed E-state index contributed by atoms with van der Waals surface area (Å²) in [5.74, 6) is -0.337. The van der Waals surface area contributed by atoms with Crippen molar-refractivity contribution in [2.24, 2.45) is 5.73 Å². The molecular formula is C20H24N4O2. The van der Waals surface area contributed by atoms with Crippen LogP contribution in [-0.4, -0.2) is 54.5 Å². The Balaban J connectivity index is 1.61. The van der Waals surface area contributed by atoms with E-state index in [1.807, 2.05) is 29.2 Å². The molecule has 0 aliphatic carbocycles. The third kappa shape index (κ3) is 4.61. The first kappa shape index (κ1) is 17.9. The van der Waals surface area contributed by atoms with Gasteiger partial charge in [-0.25, -0.2) is 4.79 Å². The molecule has 3 N–H and O–H groups in total. The fourth-order valence-corrected chi connectivity index (χ4v) is 3.05.